The number of aryl methyl sites for hydroxylation is 1. The van der Waals surface area contributed by atoms with Crippen LogP contribution in [0.2, 0.25) is 0 Å². The van der Waals surface area contributed by atoms with Gasteiger partial charge in [-0.2, -0.15) is 11.3 Å². The van der Waals surface area contributed by atoms with Gasteiger partial charge >= 0.3 is 11.8 Å². The molecule has 0 bridgehead atoms. The molecule has 1 aliphatic heterocycles. The first-order chi connectivity index (χ1) is 15.0. The van der Waals surface area contributed by atoms with Crippen molar-refractivity contribution in [2.45, 2.75) is 13.0 Å². The molecule has 4 rings (SSSR count). The van der Waals surface area contributed by atoms with E-state index in [0.717, 1.165) is 42.8 Å². The van der Waals surface area contributed by atoms with Gasteiger partial charge in [0.05, 0.1) is 17.2 Å². The number of likely N-dealkylation sites (N-methyl/N-ethyl adjacent to an activating group) is 1. The van der Waals surface area contributed by atoms with Crippen LogP contribution in [0.25, 0.3) is 10.9 Å². The third kappa shape index (κ3) is 5.10. The van der Waals surface area contributed by atoms with E-state index >= 15 is 0 Å². The van der Waals surface area contributed by atoms with Crippen molar-refractivity contribution in [3.8, 4) is 0 Å². The molecule has 0 aliphatic carbocycles. The highest BCUT2D eigenvalue weighted by Gasteiger charge is 2.26. The first-order valence-corrected chi connectivity index (χ1v) is 11.4. The van der Waals surface area contributed by atoms with Crippen molar-refractivity contribution >= 4 is 39.7 Å². The second-order valence-corrected chi connectivity index (χ2v) is 8.68. The van der Waals surface area contributed by atoms with Crippen LogP contribution in [0.15, 0.2) is 47.2 Å². The molecule has 1 aliphatic rings. The maximum atomic E-state index is 12.6. The Morgan fingerprint density at radius 2 is 1.90 bits per heavy atom. The predicted octanol–water partition coefficient (Wildman–Crippen LogP) is 2.65. The van der Waals surface area contributed by atoms with E-state index in [1.54, 1.807) is 17.4 Å². The number of rotatable bonds is 5. The number of amides is 2. The second-order valence-electron chi connectivity index (χ2n) is 7.90. The Morgan fingerprint density at radius 3 is 2.65 bits per heavy atom. The Morgan fingerprint density at radius 1 is 1.13 bits per heavy atom. The lowest BCUT2D eigenvalue weighted by Crippen LogP contribution is -2.49. The van der Waals surface area contributed by atoms with Gasteiger partial charge in [-0.05, 0) is 48.5 Å². The number of anilines is 1. The van der Waals surface area contributed by atoms with Gasteiger partial charge < -0.3 is 15.5 Å². The molecule has 0 saturated carbocycles. The standard InChI is InChI=1S/C23H27N5O2S/c1-16-13-20(18-5-3-4-6-19(18)25-16)26-23(30)22(29)24-14-21(17-7-12-31-15-17)28-10-8-27(2)9-11-28/h3-7,12-13,15,21H,8-11,14H2,1-2H3,(H,24,29)(H,25,26,30). The minimum Gasteiger partial charge on any atom is -0.346 e. The second kappa shape index (κ2) is 9.55. The third-order valence-electron chi connectivity index (χ3n) is 5.66. The van der Waals surface area contributed by atoms with Crippen LogP contribution in [0, 0.1) is 6.92 Å². The van der Waals surface area contributed by atoms with E-state index in [0.29, 0.717) is 12.2 Å². The van der Waals surface area contributed by atoms with E-state index in [9.17, 15) is 9.59 Å². The Labute approximate surface area is 186 Å². The molecule has 1 atom stereocenters. The summed E-state index contributed by atoms with van der Waals surface area (Å²) in [6.07, 6.45) is 0. The maximum absolute atomic E-state index is 12.6. The fourth-order valence-corrected chi connectivity index (χ4v) is 4.62. The molecule has 2 amide bonds. The number of carbonyl (C=O) groups excluding carboxylic acids is 2. The van der Waals surface area contributed by atoms with E-state index in [2.05, 4.69) is 43.9 Å². The van der Waals surface area contributed by atoms with Crippen LogP contribution in [0.3, 0.4) is 0 Å². The van der Waals surface area contributed by atoms with Gasteiger partial charge in [-0.25, -0.2) is 0 Å². The lowest BCUT2D eigenvalue weighted by atomic mass is 10.1. The third-order valence-corrected chi connectivity index (χ3v) is 6.36. The molecule has 3 aromatic rings. The molecule has 162 valence electrons. The summed E-state index contributed by atoms with van der Waals surface area (Å²) >= 11 is 1.64. The normalized spacial score (nSPS) is 16.2. The van der Waals surface area contributed by atoms with Crippen LogP contribution in [-0.2, 0) is 9.59 Å². The molecule has 1 aromatic carbocycles. The molecule has 1 unspecified atom stereocenters. The topological polar surface area (TPSA) is 77.6 Å². The van der Waals surface area contributed by atoms with Gasteiger partial charge in [-0.15, -0.1) is 0 Å². The van der Waals surface area contributed by atoms with E-state index in [1.807, 2.05) is 36.6 Å². The molecule has 8 heteroatoms. The van der Waals surface area contributed by atoms with Gasteiger partial charge in [0, 0.05) is 43.8 Å². The quantitative estimate of drug-likeness (QED) is 0.600. The van der Waals surface area contributed by atoms with Crippen molar-refractivity contribution < 1.29 is 9.59 Å². The van der Waals surface area contributed by atoms with Crippen molar-refractivity contribution in [1.82, 2.24) is 20.1 Å². The molecule has 31 heavy (non-hydrogen) atoms. The maximum Gasteiger partial charge on any atom is 0.313 e. The van der Waals surface area contributed by atoms with E-state index in [1.165, 1.54) is 5.56 Å². The number of hydrogen-bond donors (Lipinski definition) is 2. The lowest BCUT2D eigenvalue weighted by molar-refractivity contribution is -0.136. The average Bonchev–Trinajstić information content (AvgIpc) is 3.29. The summed E-state index contributed by atoms with van der Waals surface area (Å²) in [5, 5.41) is 10.6. The van der Waals surface area contributed by atoms with E-state index in [-0.39, 0.29) is 6.04 Å². The van der Waals surface area contributed by atoms with Gasteiger partial charge in [0.15, 0.2) is 0 Å². The van der Waals surface area contributed by atoms with Gasteiger partial charge in [-0.1, -0.05) is 18.2 Å². The van der Waals surface area contributed by atoms with Crippen LogP contribution in [0.5, 0.6) is 0 Å². The van der Waals surface area contributed by atoms with Gasteiger partial charge in [-0.3, -0.25) is 19.5 Å². The number of piperazine rings is 1. The zero-order chi connectivity index (χ0) is 21.8. The summed E-state index contributed by atoms with van der Waals surface area (Å²) in [5.41, 5.74) is 3.33. The highest BCUT2D eigenvalue weighted by molar-refractivity contribution is 7.08. The number of pyridine rings is 1. The fraction of sp³-hybridized carbons (Fsp3) is 0.348. The SMILES string of the molecule is Cc1cc(NC(=O)C(=O)NCC(c2ccsc2)N2CCN(C)CC2)c2ccccc2n1. The lowest BCUT2D eigenvalue weighted by Gasteiger charge is -2.37. The molecule has 2 N–H and O–H groups in total. The molecular formula is C23H27N5O2S. The Hall–Kier alpha value is -2.81. The largest absolute Gasteiger partial charge is 0.346 e. The molecule has 0 radical (unpaired) electrons. The van der Waals surface area contributed by atoms with Gasteiger partial charge in [0.1, 0.15) is 0 Å². The number of para-hydroxylation sites is 1. The summed E-state index contributed by atoms with van der Waals surface area (Å²) in [7, 11) is 2.12. The molecule has 3 heterocycles. The number of fused-ring (bicyclic) bond motifs is 1. The summed E-state index contributed by atoms with van der Waals surface area (Å²) in [6.45, 7) is 6.10. The van der Waals surface area contributed by atoms with E-state index < -0.39 is 11.8 Å². The van der Waals surface area contributed by atoms with E-state index in [4.69, 9.17) is 0 Å². The number of carbonyl (C=O) groups is 2. The highest BCUT2D eigenvalue weighted by Crippen LogP contribution is 2.24. The van der Waals surface area contributed by atoms with Crippen molar-refractivity contribution in [1.29, 1.82) is 0 Å². The summed E-state index contributed by atoms with van der Waals surface area (Å²) in [4.78, 5) is 34.4. The van der Waals surface area contributed by atoms with Crippen LogP contribution in [0.4, 0.5) is 5.69 Å². The highest BCUT2D eigenvalue weighted by atomic mass is 32.1. The summed E-state index contributed by atoms with van der Waals surface area (Å²) < 4.78 is 0. The van der Waals surface area contributed by atoms with Crippen molar-refractivity contribution in [3.63, 3.8) is 0 Å². The monoisotopic (exact) mass is 437 g/mol. The minimum absolute atomic E-state index is 0.0562. The van der Waals surface area contributed by atoms with Gasteiger partial charge in [0.2, 0.25) is 0 Å². The summed E-state index contributed by atoms with van der Waals surface area (Å²) in [5.74, 6) is -1.30. The van der Waals surface area contributed by atoms with Crippen molar-refractivity contribution in [2.75, 3.05) is 45.1 Å². The van der Waals surface area contributed by atoms with Crippen LogP contribution in [0.1, 0.15) is 17.3 Å². The number of hydrogen-bond acceptors (Lipinski definition) is 6. The van der Waals surface area contributed by atoms with Crippen LogP contribution >= 0.6 is 11.3 Å². The zero-order valence-electron chi connectivity index (χ0n) is 17.8. The Balaban J connectivity index is 1.43. The first kappa shape index (κ1) is 21.4. The van der Waals surface area contributed by atoms with Gasteiger partial charge in [0.25, 0.3) is 0 Å². The van der Waals surface area contributed by atoms with Crippen LogP contribution in [-0.4, -0.2) is 66.4 Å². The fourth-order valence-electron chi connectivity index (χ4n) is 3.92. The predicted molar refractivity (Wildman–Crippen MR) is 124 cm³/mol. The first-order valence-electron chi connectivity index (χ1n) is 10.4. The number of nitrogens with one attached hydrogen (secondary N) is 2. The number of nitrogens with zero attached hydrogens (tertiary/aromatic N) is 3. The summed E-state index contributed by atoms with van der Waals surface area (Å²) in [6, 6.07) is 11.5. The number of benzene rings is 1. The van der Waals surface area contributed by atoms with Crippen LogP contribution < -0.4 is 10.6 Å². The van der Waals surface area contributed by atoms with Crippen molar-refractivity contribution in [2.24, 2.45) is 0 Å². The molecule has 2 aromatic heterocycles. The zero-order valence-corrected chi connectivity index (χ0v) is 18.6. The molecule has 0 spiro atoms. The number of thiophene rings is 1. The molecule has 7 nitrogen and oxygen atoms in total. The minimum atomic E-state index is -0.668. The molecular weight excluding hydrogens is 410 g/mol. The smallest absolute Gasteiger partial charge is 0.313 e. The Bertz CT molecular complexity index is 1060. The number of aromatic nitrogens is 1. The Kier molecular flexibility index (Phi) is 6.60. The van der Waals surface area contributed by atoms with Crippen molar-refractivity contribution in [3.05, 3.63) is 58.4 Å². The molecule has 1 fully saturated rings. The average molecular weight is 438 g/mol. The molecule has 1 saturated heterocycles.